The van der Waals surface area contributed by atoms with Crippen molar-refractivity contribution in [2.24, 2.45) is 5.10 Å². The topological polar surface area (TPSA) is 56.7 Å². The molecule has 3 atom stereocenters. The Morgan fingerprint density at radius 3 is 2.57 bits per heavy atom. The lowest BCUT2D eigenvalue weighted by atomic mass is 9.70. The number of allylic oxidation sites excluding steroid dienone is 1. The third kappa shape index (κ3) is 2.81. The van der Waals surface area contributed by atoms with Crippen LogP contribution in [0.15, 0.2) is 83.1 Å². The van der Waals surface area contributed by atoms with Gasteiger partial charge in [0.05, 0.1) is 18.0 Å². The fourth-order valence-corrected chi connectivity index (χ4v) is 4.88. The minimum absolute atomic E-state index is 0.0676. The molecule has 2 heterocycles. The molecule has 1 fully saturated rings. The van der Waals surface area contributed by atoms with E-state index in [1.807, 2.05) is 12.1 Å². The van der Waals surface area contributed by atoms with Crippen LogP contribution in [0.5, 0.6) is 0 Å². The van der Waals surface area contributed by atoms with Crippen LogP contribution in [0, 0.1) is 0 Å². The number of benzene rings is 2. The van der Waals surface area contributed by atoms with Crippen molar-refractivity contribution in [1.29, 1.82) is 0 Å². The molecule has 1 saturated heterocycles. The second-order valence-corrected chi connectivity index (χ2v) is 7.86. The Bertz CT molecular complexity index is 959. The summed E-state index contributed by atoms with van der Waals surface area (Å²) in [4.78, 5) is 0. The maximum Gasteiger partial charge on any atom is 0.0752 e. The molecule has 2 aromatic rings. The summed E-state index contributed by atoms with van der Waals surface area (Å²) in [7, 11) is 0. The summed E-state index contributed by atoms with van der Waals surface area (Å²) in [6.45, 7) is 4.26. The van der Waals surface area contributed by atoms with Gasteiger partial charge in [-0.1, -0.05) is 61.2 Å². The minimum atomic E-state index is 0.0676. The number of nitrogens with one attached hydrogen (secondary N) is 2. The normalized spacial score (nSPS) is 26.4. The molecule has 3 N–H and O–H groups in total. The molecule has 0 spiro atoms. The molecule has 3 aliphatic rings. The highest BCUT2D eigenvalue weighted by atomic mass is 16.3. The lowest BCUT2D eigenvalue weighted by Crippen LogP contribution is -2.51. The fraction of sp³-hybridized carbons (Fsp3) is 0.292. The van der Waals surface area contributed by atoms with Crippen molar-refractivity contribution in [3.63, 3.8) is 0 Å². The van der Waals surface area contributed by atoms with Gasteiger partial charge < -0.3 is 10.4 Å². The van der Waals surface area contributed by atoms with Gasteiger partial charge in [-0.2, -0.15) is 5.10 Å². The quantitative estimate of drug-likeness (QED) is 0.766. The molecule has 4 heteroatoms. The van der Waals surface area contributed by atoms with Crippen LogP contribution >= 0.6 is 0 Å². The smallest absolute Gasteiger partial charge is 0.0752 e. The van der Waals surface area contributed by atoms with Crippen molar-refractivity contribution in [2.75, 3.05) is 0 Å². The van der Waals surface area contributed by atoms with E-state index in [2.05, 4.69) is 59.8 Å². The molecular weight excluding hydrogens is 346 g/mol. The minimum Gasteiger partial charge on any atom is -0.392 e. The van der Waals surface area contributed by atoms with Crippen molar-refractivity contribution in [3.8, 4) is 0 Å². The Morgan fingerprint density at radius 2 is 1.82 bits per heavy atom. The average molecular weight is 371 g/mol. The monoisotopic (exact) mass is 371 g/mol. The van der Waals surface area contributed by atoms with E-state index < -0.39 is 0 Å². The van der Waals surface area contributed by atoms with Crippen molar-refractivity contribution >= 4 is 5.71 Å². The largest absolute Gasteiger partial charge is 0.392 e. The van der Waals surface area contributed by atoms with Crippen molar-refractivity contribution in [1.82, 2.24) is 10.7 Å². The summed E-state index contributed by atoms with van der Waals surface area (Å²) < 4.78 is 0. The Kier molecular flexibility index (Phi) is 4.38. The van der Waals surface area contributed by atoms with Crippen LogP contribution in [-0.4, -0.2) is 16.9 Å². The van der Waals surface area contributed by atoms with Gasteiger partial charge >= 0.3 is 0 Å². The van der Waals surface area contributed by atoms with E-state index in [1.165, 1.54) is 22.3 Å². The van der Waals surface area contributed by atoms with Gasteiger partial charge in [-0.3, -0.25) is 5.43 Å². The number of aliphatic hydroxyl groups is 1. The molecule has 0 radical (unpaired) electrons. The maximum absolute atomic E-state index is 9.41. The molecule has 28 heavy (non-hydrogen) atoms. The molecule has 2 aliphatic heterocycles. The first-order valence-corrected chi connectivity index (χ1v) is 10.0. The third-order valence-corrected chi connectivity index (χ3v) is 6.23. The van der Waals surface area contributed by atoms with E-state index in [-0.39, 0.29) is 18.6 Å². The van der Waals surface area contributed by atoms with Gasteiger partial charge in [0.2, 0.25) is 0 Å². The van der Waals surface area contributed by atoms with E-state index in [1.54, 1.807) is 0 Å². The van der Waals surface area contributed by atoms with E-state index >= 15 is 0 Å². The van der Waals surface area contributed by atoms with Gasteiger partial charge in [-0.25, -0.2) is 0 Å². The van der Waals surface area contributed by atoms with E-state index in [0.717, 1.165) is 36.2 Å². The van der Waals surface area contributed by atoms with Crippen LogP contribution in [0.4, 0.5) is 0 Å². The lowest BCUT2D eigenvalue weighted by molar-refractivity contribution is 0.281. The summed E-state index contributed by atoms with van der Waals surface area (Å²) in [5, 5.41) is 18.2. The van der Waals surface area contributed by atoms with E-state index in [9.17, 15) is 5.11 Å². The summed E-state index contributed by atoms with van der Waals surface area (Å²) >= 11 is 0. The first-order valence-electron chi connectivity index (χ1n) is 10.0. The van der Waals surface area contributed by atoms with Crippen LogP contribution < -0.4 is 10.7 Å². The molecule has 0 aromatic heterocycles. The molecular formula is C24H25N3O. The standard InChI is InChI=1S/C24H25N3O/c1-15-19-8-5-9-20-22(19)24(27-26-15)21(17-6-3-2-4-7-17)23(25-20)18-12-10-16(14-28)11-13-18/h2-4,6-7,10-13,20-21,23,25-26,28H,1,5,8-9,14H2. The highest BCUT2D eigenvalue weighted by molar-refractivity contribution is 6.09. The van der Waals surface area contributed by atoms with Crippen molar-refractivity contribution < 1.29 is 5.11 Å². The van der Waals surface area contributed by atoms with Gasteiger partial charge in [-0.15, -0.1) is 0 Å². The van der Waals surface area contributed by atoms with E-state index in [0.29, 0.717) is 6.04 Å². The average Bonchev–Trinajstić information content (AvgIpc) is 2.76. The summed E-state index contributed by atoms with van der Waals surface area (Å²) in [5.74, 6) is 0.126. The van der Waals surface area contributed by atoms with Crippen LogP contribution in [0.1, 0.15) is 47.9 Å². The lowest BCUT2D eigenvalue weighted by Gasteiger charge is -2.45. The first kappa shape index (κ1) is 17.4. The van der Waals surface area contributed by atoms with Gasteiger partial charge in [-0.05, 0) is 47.1 Å². The number of nitrogens with zero attached hydrogens (tertiary/aromatic N) is 1. The second-order valence-electron chi connectivity index (χ2n) is 7.86. The third-order valence-electron chi connectivity index (χ3n) is 6.23. The molecule has 142 valence electrons. The van der Waals surface area contributed by atoms with E-state index in [4.69, 9.17) is 5.10 Å². The van der Waals surface area contributed by atoms with Gasteiger partial charge in [0.15, 0.2) is 0 Å². The van der Waals surface area contributed by atoms with Gasteiger partial charge in [0, 0.05) is 18.0 Å². The molecule has 0 saturated carbocycles. The Balaban J connectivity index is 1.65. The van der Waals surface area contributed by atoms with Crippen molar-refractivity contribution in [3.05, 3.63) is 94.7 Å². The predicted octanol–water partition coefficient (Wildman–Crippen LogP) is 3.93. The van der Waals surface area contributed by atoms with Crippen LogP contribution in [0.3, 0.4) is 0 Å². The number of aliphatic hydroxyl groups excluding tert-OH is 1. The van der Waals surface area contributed by atoms with Gasteiger partial charge in [0.25, 0.3) is 0 Å². The SMILES string of the molecule is C=C1NN=C2C3=C1CCCC3NC(c1ccc(CO)cc1)C2c1ccccc1. The maximum atomic E-state index is 9.41. The highest BCUT2D eigenvalue weighted by Gasteiger charge is 2.43. The Hall–Kier alpha value is -2.69. The number of piperidine rings is 1. The van der Waals surface area contributed by atoms with Crippen molar-refractivity contribution in [2.45, 2.75) is 43.9 Å². The number of hydrazone groups is 1. The highest BCUT2D eigenvalue weighted by Crippen LogP contribution is 2.45. The molecule has 2 aromatic carbocycles. The zero-order valence-corrected chi connectivity index (χ0v) is 15.9. The molecule has 4 nitrogen and oxygen atoms in total. The Morgan fingerprint density at radius 1 is 1.04 bits per heavy atom. The molecule has 1 aliphatic carbocycles. The number of rotatable bonds is 3. The predicted molar refractivity (Wildman–Crippen MR) is 112 cm³/mol. The Labute approximate surface area is 165 Å². The molecule has 5 rings (SSSR count). The zero-order chi connectivity index (χ0) is 19.1. The van der Waals surface area contributed by atoms with Crippen LogP contribution in [-0.2, 0) is 6.61 Å². The second kappa shape index (κ2) is 7.04. The fourth-order valence-electron chi connectivity index (χ4n) is 4.88. The summed E-state index contributed by atoms with van der Waals surface area (Å²) in [5.41, 5.74) is 11.4. The summed E-state index contributed by atoms with van der Waals surface area (Å²) in [6.07, 6.45) is 3.35. The number of hydrogen-bond acceptors (Lipinski definition) is 4. The van der Waals surface area contributed by atoms with Crippen LogP contribution in [0.25, 0.3) is 0 Å². The first-order chi connectivity index (χ1) is 13.8. The zero-order valence-electron chi connectivity index (χ0n) is 15.9. The summed E-state index contributed by atoms with van der Waals surface area (Å²) in [6, 6.07) is 19.4. The molecule has 3 unspecified atom stereocenters. The molecule has 0 bridgehead atoms. The van der Waals surface area contributed by atoms with Gasteiger partial charge in [0.1, 0.15) is 0 Å². The molecule has 0 amide bonds. The number of hydrogen-bond donors (Lipinski definition) is 3. The van der Waals surface area contributed by atoms with Crippen LogP contribution in [0.2, 0.25) is 0 Å².